The van der Waals surface area contributed by atoms with Crippen molar-refractivity contribution in [3.63, 3.8) is 0 Å². The molecule has 1 N–H and O–H groups in total. The Hall–Kier alpha value is -1.98. The number of rotatable bonds is 6. The van der Waals surface area contributed by atoms with E-state index in [1.165, 1.54) is 0 Å². The molecule has 0 atom stereocenters. The van der Waals surface area contributed by atoms with Crippen LogP contribution in [0.4, 0.5) is 0 Å². The third kappa shape index (κ3) is 5.49. The molecular weight excluding hydrogens is 286 g/mol. The predicted octanol–water partition coefficient (Wildman–Crippen LogP) is 3.05. The Kier molecular flexibility index (Phi) is 5.25. The van der Waals surface area contributed by atoms with Crippen LogP contribution in [-0.4, -0.2) is 31.5 Å². The first kappa shape index (κ1) is 15.4. The lowest BCUT2D eigenvalue weighted by atomic mass is 10.0. The Morgan fingerprint density at radius 1 is 0.952 bits per heavy atom. The summed E-state index contributed by atoms with van der Waals surface area (Å²) in [6, 6.07) is 18.1. The summed E-state index contributed by atoms with van der Waals surface area (Å²) < 4.78 is 29.7. The van der Waals surface area contributed by atoms with E-state index < -0.39 is 10.1 Å². The van der Waals surface area contributed by atoms with Crippen molar-refractivity contribution in [2.45, 2.75) is 6.42 Å². The third-order valence-corrected chi connectivity index (χ3v) is 3.75. The molecule has 0 radical (unpaired) electrons. The molecule has 0 unspecified atom stereocenters. The van der Waals surface area contributed by atoms with Crippen molar-refractivity contribution in [3.8, 4) is 11.1 Å². The van der Waals surface area contributed by atoms with Gasteiger partial charge in [-0.1, -0.05) is 54.6 Å². The lowest BCUT2D eigenvalue weighted by Crippen LogP contribution is -2.04. The summed E-state index contributed by atoms with van der Waals surface area (Å²) in [5, 5.41) is 0. The molecular formula is C16H17NO3S. The van der Waals surface area contributed by atoms with Gasteiger partial charge in [-0.3, -0.25) is 9.55 Å². The van der Waals surface area contributed by atoms with E-state index in [9.17, 15) is 8.42 Å². The van der Waals surface area contributed by atoms with Gasteiger partial charge in [0, 0.05) is 12.8 Å². The minimum atomic E-state index is -3.88. The van der Waals surface area contributed by atoms with Gasteiger partial charge >= 0.3 is 0 Å². The highest BCUT2D eigenvalue weighted by Crippen LogP contribution is 2.18. The van der Waals surface area contributed by atoms with E-state index in [-0.39, 0.29) is 5.75 Å². The van der Waals surface area contributed by atoms with Crippen LogP contribution in [0.5, 0.6) is 0 Å². The highest BCUT2D eigenvalue weighted by Gasteiger charge is 2.02. The Bertz CT molecular complexity index is 692. The van der Waals surface area contributed by atoms with Crippen molar-refractivity contribution in [2.75, 3.05) is 12.3 Å². The lowest BCUT2D eigenvalue weighted by molar-refractivity contribution is 0.481. The smallest absolute Gasteiger partial charge is 0.264 e. The van der Waals surface area contributed by atoms with Gasteiger partial charge in [0.15, 0.2) is 0 Å². The monoisotopic (exact) mass is 303 g/mol. The van der Waals surface area contributed by atoms with Gasteiger partial charge in [0.25, 0.3) is 10.1 Å². The molecule has 0 fully saturated rings. The van der Waals surface area contributed by atoms with Crippen molar-refractivity contribution < 1.29 is 13.0 Å². The number of hydrogen-bond acceptors (Lipinski definition) is 3. The van der Waals surface area contributed by atoms with Gasteiger partial charge < -0.3 is 0 Å². The first-order valence-corrected chi connectivity index (χ1v) is 8.26. The fourth-order valence-corrected chi connectivity index (χ4v) is 2.39. The molecule has 0 bridgehead atoms. The molecule has 110 valence electrons. The Labute approximate surface area is 124 Å². The van der Waals surface area contributed by atoms with Gasteiger partial charge in [-0.2, -0.15) is 8.42 Å². The minimum Gasteiger partial charge on any atom is -0.293 e. The second-order valence-corrected chi connectivity index (χ2v) is 6.23. The minimum absolute atomic E-state index is 0.253. The fraction of sp³-hybridized carbons (Fsp3) is 0.188. The van der Waals surface area contributed by atoms with Crippen LogP contribution in [-0.2, 0) is 10.1 Å². The fourth-order valence-electron chi connectivity index (χ4n) is 1.90. The van der Waals surface area contributed by atoms with E-state index in [1.807, 2.05) is 42.5 Å². The molecule has 0 aromatic heterocycles. The normalized spacial score (nSPS) is 11.9. The molecule has 2 aromatic carbocycles. The summed E-state index contributed by atoms with van der Waals surface area (Å²) in [6.07, 6.45) is 2.02. The summed E-state index contributed by atoms with van der Waals surface area (Å²) in [7, 11) is -3.88. The predicted molar refractivity (Wildman–Crippen MR) is 85.4 cm³/mol. The highest BCUT2D eigenvalue weighted by molar-refractivity contribution is 7.85. The van der Waals surface area contributed by atoms with Crippen molar-refractivity contribution in [1.82, 2.24) is 0 Å². The highest BCUT2D eigenvalue weighted by atomic mass is 32.2. The van der Waals surface area contributed by atoms with Crippen molar-refractivity contribution in [3.05, 3.63) is 60.2 Å². The molecule has 0 spiro atoms. The lowest BCUT2D eigenvalue weighted by Gasteiger charge is -2.01. The summed E-state index contributed by atoms with van der Waals surface area (Å²) in [4.78, 5) is 4.15. The summed E-state index contributed by atoms with van der Waals surface area (Å²) in [5.74, 6) is -0.253. The number of aliphatic imine (C=N–C) groups is 1. The second kappa shape index (κ2) is 7.15. The average molecular weight is 303 g/mol. The molecule has 2 rings (SSSR count). The molecule has 0 heterocycles. The van der Waals surface area contributed by atoms with Crippen molar-refractivity contribution >= 4 is 16.3 Å². The maximum absolute atomic E-state index is 10.5. The van der Waals surface area contributed by atoms with E-state index in [1.54, 1.807) is 6.21 Å². The maximum atomic E-state index is 10.5. The zero-order valence-corrected chi connectivity index (χ0v) is 12.3. The molecule has 0 amide bonds. The first-order chi connectivity index (χ1) is 10.0. The Morgan fingerprint density at radius 3 is 2.19 bits per heavy atom. The van der Waals surface area contributed by atoms with E-state index in [4.69, 9.17) is 4.55 Å². The van der Waals surface area contributed by atoms with Crippen LogP contribution in [0.15, 0.2) is 59.6 Å². The standard InChI is InChI=1S/C16H17NO3S/c18-21(19,20)12-4-11-17-13-14-7-9-16(10-8-14)15-5-2-1-3-6-15/h1-3,5-10,13H,4,11-12H2,(H,18,19,20). The first-order valence-electron chi connectivity index (χ1n) is 6.65. The van der Waals surface area contributed by atoms with Crippen LogP contribution in [0.25, 0.3) is 11.1 Å². The van der Waals surface area contributed by atoms with Gasteiger partial charge in [0.05, 0.1) is 5.75 Å². The number of hydrogen-bond donors (Lipinski definition) is 1. The zero-order chi connectivity index (χ0) is 15.1. The number of nitrogens with zero attached hydrogens (tertiary/aromatic N) is 1. The van der Waals surface area contributed by atoms with E-state index >= 15 is 0 Å². The molecule has 21 heavy (non-hydrogen) atoms. The molecule has 0 aliphatic heterocycles. The molecule has 4 nitrogen and oxygen atoms in total. The van der Waals surface area contributed by atoms with Gasteiger partial charge in [0.2, 0.25) is 0 Å². The quantitative estimate of drug-likeness (QED) is 0.506. The van der Waals surface area contributed by atoms with Crippen LogP contribution in [0.3, 0.4) is 0 Å². The van der Waals surface area contributed by atoms with Crippen LogP contribution in [0, 0.1) is 0 Å². The van der Waals surface area contributed by atoms with E-state index in [0.717, 1.165) is 16.7 Å². The average Bonchev–Trinajstić information content (AvgIpc) is 2.47. The summed E-state index contributed by atoms with van der Waals surface area (Å²) in [6.45, 7) is 0.375. The van der Waals surface area contributed by atoms with Gasteiger partial charge in [-0.15, -0.1) is 0 Å². The Morgan fingerprint density at radius 2 is 1.57 bits per heavy atom. The van der Waals surface area contributed by atoms with Crippen molar-refractivity contribution in [1.29, 1.82) is 0 Å². The number of benzene rings is 2. The van der Waals surface area contributed by atoms with Crippen LogP contribution >= 0.6 is 0 Å². The second-order valence-electron chi connectivity index (χ2n) is 4.66. The Balaban J connectivity index is 1.91. The summed E-state index contributed by atoms with van der Waals surface area (Å²) >= 11 is 0. The van der Waals surface area contributed by atoms with Crippen LogP contribution in [0.1, 0.15) is 12.0 Å². The third-order valence-electron chi connectivity index (χ3n) is 2.95. The molecule has 0 aliphatic carbocycles. The molecule has 0 saturated heterocycles. The van der Waals surface area contributed by atoms with Gasteiger partial charge in [0.1, 0.15) is 0 Å². The van der Waals surface area contributed by atoms with Gasteiger partial charge in [-0.25, -0.2) is 0 Å². The molecule has 5 heteroatoms. The SMILES string of the molecule is O=S(=O)(O)CCCN=Cc1ccc(-c2ccccc2)cc1. The van der Waals surface area contributed by atoms with Crippen molar-refractivity contribution in [2.24, 2.45) is 4.99 Å². The van der Waals surface area contributed by atoms with E-state index in [2.05, 4.69) is 17.1 Å². The van der Waals surface area contributed by atoms with Gasteiger partial charge in [-0.05, 0) is 23.1 Å². The van der Waals surface area contributed by atoms with Crippen LogP contribution in [0.2, 0.25) is 0 Å². The maximum Gasteiger partial charge on any atom is 0.264 e. The molecule has 0 aliphatic rings. The summed E-state index contributed by atoms with van der Waals surface area (Å²) in [5.41, 5.74) is 3.26. The molecule has 2 aromatic rings. The largest absolute Gasteiger partial charge is 0.293 e. The van der Waals surface area contributed by atoms with Crippen LogP contribution < -0.4 is 0 Å². The van der Waals surface area contributed by atoms with E-state index in [0.29, 0.717) is 13.0 Å². The molecule has 0 saturated carbocycles. The zero-order valence-electron chi connectivity index (χ0n) is 11.5. The topological polar surface area (TPSA) is 66.7 Å².